The highest BCUT2D eigenvalue weighted by Crippen LogP contribution is 2.65. The molecule has 1 aromatic carbocycles. The smallest absolute Gasteiger partial charge is 0.0373 e. The van der Waals surface area contributed by atoms with Gasteiger partial charge in [0.2, 0.25) is 0 Å². The molecule has 0 saturated heterocycles. The van der Waals surface area contributed by atoms with Crippen LogP contribution >= 0.6 is 0 Å². The van der Waals surface area contributed by atoms with Gasteiger partial charge in [0.25, 0.3) is 0 Å². The fraction of sp³-hybridized carbons (Fsp3) is 0.647. The molecule has 0 radical (unpaired) electrons. The summed E-state index contributed by atoms with van der Waals surface area (Å²) >= 11 is 0. The van der Waals surface area contributed by atoms with Crippen molar-refractivity contribution in [3.63, 3.8) is 0 Å². The van der Waals surface area contributed by atoms with Crippen molar-refractivity contribution in [1.82, 2.24) is 5.32 Å². The van der Waals surface area contributed by atoms with Gasteiger partial charge in [0.05, 0.1) is 0 Å². The Labute approximate surface area is 115 Å². The van der Waals surface area contributed by atoms with Gasteiger partial charge in [-0.2, -0.15) is 0 Å². The zero-order valence-corrected chi connectivity index (χ0v) is 11.4. The maximum Gasteiger partial charge on any atom is 0.0373 e. The molecule has 3 fully saturated rings. The Balaban J connectivity index is 1.25. The summed E-state index contributed by atoms with van der Waals surface area (Å²) in [5, 5.41) is 7.28. The van der Waals surface area contributed by atoms with Gasteiger partial charge in [0, 0.05) is 24.8 Å². The molecule has 3 saturated carbocycles. The van der Waals surface area contributed by atoms with E-state index in [2.05, 4.69) is 28.8 Å². The van der Waals surface area contributed by atoms with Gasteiger partial charge in [-0.25, -0.2) is 0 Å². The van der Waals surface area contributed by atoms with Crippen LogP contribution in [0.1, 0.15) is 30.4 Å². The van der Waals surface area contributed by atoms with Gasteiger partial charge >= 0.3 is 0 Å². The molecule has 1 aliphatic heterocycles. The lowest BCUT2D eigenvalue weighted by Gasteiger charge is -2.11. The number of hydrogen-bond acceptors (Lipinski definition) is 2. The lowest BCUT2D eigenvalue weighted by atomic mass is 10.0. The van der Waals surface area contributed by atoms with Gasteiger partial charge in [-0.05, 0) is 66.5 Å². The first kappa shape index (κ1) is 10.7. The minimum atomic E-state index is 0.859. The van der Waals surface area contributed by atoms with Gasteiger partial charge in [-0.1, -0.05) is 12.1 Å². The van der Waals surface area contributed by atoms with E-state index in [9.17, 15) is 0 Å². The Hall–Kier alpha value is -1.02. The first-order valence-electron chi connectivity index (χ1n) is 7.99. The van der Waals surface area contributed by atoms with Gasteiger partial charge in [-0.3, -0.25) is 0 Å². The molecule has 19 heavy (non-hydrogen) atoms. The second-order valence-electron chi connectivity index (χ2n) is 7.06. The number of hydrogen-bond donors (Lipinski definition) is 2. The average molecular weight is 254 g/mol. The van der Waals surface area contributed by atoms with Crippen molar-refractivity contribution in [2.75, 3.05) is 11.9 Å². The van der Waals surface area contributed by atoms with Crippen molar-refractivity contribution in [2.45, 2.75) is 38.3 Å². The SMILES string of the molecule is c1cc2c(cc1CNC1C3C4CCC(C4)C13)CCN2. The molecule has 5 rings (SSSR count). The highest BCUT2D eigenvalue weighted by atomic mass is 15.0. The van der Waals surface area contributed by atoms with E-state index in [1.807, 2.05) is 0 Å². The molecule has 4 aliphatic rings. The Morgan fingerprint density at radius 2 is 2.00 bits per heavy atom. The summed E-state index contributed by atoms with van der Waals surface area (Å²) in [6.07, 6.45) is 5.79. The maximum absolute atomic E-state index is 3.85. The molecule has 100 valence electrons. The van der Waals surface area contributed by atoms with Crippen LogP contribution in [0.3, 0.4) is 0 Å². The van der Waals surface area contributed by atoms with Crippen molar-refractivity contribution in [3.8, 4) is 0 Å². The summed E-state index contributed by atoms with van der Waals surface area (Å²) in [6, 6.07) is 7.81. The van der Waals surface area contributed by atoms with Crippen LogP contribution in [0.15, 0.2) is 18.2 Å². The van der Waals surface area contributed by atoms with Crippen LogP contribution in [0.25, 0.3) is 0 Å². The second kappa shape index (κ2) is 3.76. The third kappa shape index (κ3) is 1.53. The predicted octanol–water partition coefficient (Wildman–Crippen LogP) is 2.79. The summed E-state index contributed by atoms with van der Waals surface area (Å²) < 4.78 is 0. The fourth-order valence-corrected chi connectivity index (χ4v) is 5.30. The molecule has 1 aromatic rings. The number of nitrogens with one attached hydrogen (secondary N) is 2. The molecular weight excluding hydrogens is 232 g/mol. The second-order valence-corrected chi connectivity index (χ2v) is 7.06. The average Bonchev–Trinajstić information content (AvgIpc) is 2.85. The first-order valence-corrected chi connectivity index (χ1v) is 7.99. The zero-order valence-electron chi connectivity index (χ0n) is 11.4. The van der Waals surface area contributed by atoms with Gasteiger partial charge in [0.15, 0.2) is 0 Å². The quantitative estimate of drug-likeness (QED) is 0.866. The Kier molecular flexibility index (Phi) is 2.12. The van der Waals surface area contributed by atoms with Gasteiger partial charge in [0.1, 0.15) is 0 Å². The molecule has 1 heterocycles. The van der Waals surface area contributed by atoms with Crippen molar-refractivity contribution in [3.05, 3.63) is 29.3 Å². The van der Waals surface area contributed by atoms with Crippen LogP contribution in [0, 0.1) is 23.7 Å². The van der Waals surface area contributed by atoms with Crippen LogP contribution in [0.2, 0.25) is 0 Å². The van der Waals surface area contributed by atoms with Crippen molar-refractivity contribution >= 4 is 5.69 Å². The molecule has 2 nitrogen and oxygen atoms in total. The predicted molar refractivity (Wildman–Crippen MR) is 77.1 cm³/mol. The van der Waals surface area contributed by atoms with E-state index in [1.165, 1.54) is 36.1 Å². The van der Waals surface area contributed by atoms with Crippen molar-refractivity contribution in [2.24, 2.45) is 23.7 Å². The minimum Gasteiger partial charge on any atom is -0.384 e. The lowest BCUT2D eigenvalue weighted by Crippen LogP contribution is -2.22. The molecule has 3 aliphatic carbocycles. The van der Waals surface area contributed by atoms with Crippen LogP contribution in [0.5, 0.6) is 0 Å². The van der Waals surface area contributed by atoms with E-state index in [4.69, 9.17) is 0 Å². The molecule has 0 spiro atoms. The normalized spacial score (nSPS) is 40.9. The summed E-state index contributed by atoms with van der Waals surface area (Å²) in [6.45, 7) is 2.19. The van der Waals surface area contributed by atoms with Crippen molar-refractivity contribution in [1.29, 1.82) is 0 Å². The number of fused-ring (bicyclic) bond motifs is 6. The molecule has 2 heteroatoms. The molecule has 4 unspecified atom stereocenters. The molecular formula is C17H22N2. The van der Waals surface area contributed by atoms with Crippen LogP contribution in [0.4, 0.5) is 5.69 Å². The fourth-order valence-electron chi connectivity index (χ4n) is 5.30. The highest BCUT2D eigenvalue weighted by Gasteiger charge is 2.64. The maximum atomic E-state index is 3.85. The summed E-state index contributed by atoms with van der Waals surface area (Å²) in [5.74, 6) is 4.26. The standard InChI is InChI=1S/C17H22N2/c1-4-14-11(5-6-18-14)7-10(1)9-19-17-15-12-2-3-13(8-12)16(15)17/h1,4,7,12-13,15-19H,2-3,5-6,8-9H2. The topological polar surface area (TPSA) is 24.1 Å². The van der Waals surface area contributed by atoms with E-state index in [1.54, 1.807) is 6.42 Å². The molecule has 4 atom stereocenters. The largest absolute Gasteiger partial charge is 0.384 e. The summed E-state index contributed by atoms with van der Waals surface area (Å²) in [7, 11) is 0. The van der Waals surface area contributed by atoms with Crippen LogP contribution in [-0.2, 0) is 13.0 Å². The Bertz CT molecular complexity index is 508. The van der Waals surface area contributed by atoms with Crippen LogP contribution in [-0.4, -0.2) is 12.6 Å². The Morgan fingerprint density at radius 1 is 1.16 bits per heavy atom. The monoisotopic (exact) mass is 254 g/mol. The van der Waals surface area contributed by atoms with E-state index >= 15 is 0 Å². The number of anilines is 1. The van der Waals surface area contributed by atoms with Gasteiger partial charge < -0.3 is 10.6 Å². The molecule has 2 N–H and O–H groups in total. The van der Waals surface area contributed by atoms with Crippen molar-refractivity contribution < 1.29 is 0 Å². The van der Waals surface area contributed by atoms with Crippen LogP contribution < -0.4 is 10.6 Å². The van der Waals surface area contributed by atoms with E-state index in [0.717, 1.165) is 42.8 Å². The first-order chi connectivity index (χ1) is 9.40. The number of rotatable bonds is 3. The van der Waals surface area contributed by atoms with E-state index in [0.29, 0.717) is 0 Å². The minimum absolute atomic E-state index is 0.859. The third-order valence-corrected chi connectivity index (χ3v) is 6.16. The van der Waals surface area contributed by atoms with E-state index in [-0.39, 0.29) is 0 Å². The highest BCUT2D eigenvalue weighted by molar-refractivity contribution is 5.56. The third-order valence-electron chi connectivity index (χ3n) is 6.16. The summed E-state index contributed by atoms with van der Waals surface area (Å²) in [4.78, 5) is 0. The summed E-state index contributed by atoms with van der Waals surface area (Å²) in [5.41, 5.74) is 4.33. The Morgan fingerprint density at radius 3 is 2.84 bits per heavy atom. The molecule has 0 aromatic heterocycles. The zero-order chi connectivity index (χ0) is 12.4. The lowest BCUT2D eigenvalue weighted by molar-refractivity contribution is 0.456. The van der Waals surface area contributed by atoms with Gasteiger partial charge in [-0.15, -0.1) is 0 Å². The number of benzene rings is 1. The molecule has 2 bridgehead atoms. The molecule has 0 amide bonds. The van der Waals surface area contributed by atoms with E-state index < -0.39 is 0 Å².